The quantitative estimate of drug-likeness (QED) is 0.409. The third kappa shape index (κ3) is 7.02. The Morgan fingerprint density at radius 2 is 1.91 bits per heavy atom. The molecule has 1 aliphatic heterocycles. The number of rotatable bonds is 9. The van der Waals surface area contributed by atoms with Crippen molar-refractivity contribution < 1.29 is 29.3 Å². The van der Waals surface area contributed by atoms with E-state index in [1.807, 2.05) is 26.8 Å². The van der Waals surface area contributed by atoms with E-state index in [4.69, 9.17) is 9.47 Å². The molecule has 2 unspecified atom stereocenters. The van der Waals surface area contributed by atoms with Gasteiger partial charge in [-0.3, -0.25) is 9.59 Å². The van der Waals surface area contributed by atoms with E-state index in [0.717, 1.165) is 28.0 Å². The molecule has 1 heterocycles. The molecule has 0 saturated carbocycles. The van der Waals surface area contributed by atoms with Gasteiger partial charge in [-0.2, -0.15) is 0 Å². The number of benzene rings is 1. The highest BCUT2D eigenvalue weighted by Crippen LogP contribution is 2.36. The van der Waals surface area contributed by atoms with Crippen LogP contribution in [0, 0.1) is 6.92 Å². The lowest BCUT2D eigenvalue weighted by Crippen LogP contribution is -2.57. The summed E-state index contributed by atoms with van der Waals surface area (Å²) in [5.41, 5.74) is 1.80. The fourth-order valence-corrected chi connectivity index (χ4v) is 4.27. The molecule has 0 spiro atoms. The van der Waals surface area contributed by atoms with Crippen molar-refractivity contribution in [1.29, 1.82) is 0 Å². The second-order valence-electron chi connectivity index (χ2n) is 9.92. The monoisotopic (exact) mass is 458 g/mol. The van der Waals surface area contributed by atoms with Crippen molar-refractivity contribution in [1.82, 2.24) is 0 Å². The predicted octanol–water partition coefficient (Wildman–Crippen LogP) is 4.77. The number of allylic oxidation sites excluding steroid dienone is 4. The second-order valence-corrected chi connectivity index (χ2v) is 9.92. The van der Waals surface area contributed by atoms with E-state index in [1.165, 1.54) is 0 Å². The molecule has 2 rings (SSSR count). The van der Waals surface area contributed by atoms with E-state index in [1.54, 1.807) is 46.1 Å². The van der Waals surface area contributed by atoms with Crippen molar-refractivity contribution in [2.75, 3.05) is 7.11 Å². The summed E-state index contributed by atoms with van der Waals surface area (Å²) >= 11 is 0. The number of carbonyl (C=O) groups excluding carboxylic acids is 2. The molecule has 182 valence electrons. The van der Waals surface area contributed by atoms with Crippen LogP contribution < -0.4 is 4.74 Å². The topological polar surface area (TPSA) is 93.1 Å². The maximum Gasteiger partial charge on any atom is 0.167 e. The summed E-state index contributed by atoms with van der Waals surface area (Å²) in [6.45, 7) is 11.0. The molecule has 1 saturated heterocycles. The molecule has 2 atom stereocenters. The number of hydrogen-bond donors (Lipinski definition) is 2. The third-order valence-electron chi connectivity index (χ3n) is 6.33. The summed E-state index contributed by atoms with van der Waals surface area (Å²) in [6, 6.07) is 3.34. The lowest BCUT2D eigenvalue weighted by Gasteiger charge is -2.45. The van der Waals surface area contributed by atoms with Crippen LogP contribution in [0.25, 0.3) is 0 Å². The first-order valence-corrected chi connectivity index (χ1v) is 11.4. The Morgan fingerprint density at radius 3 is 2.55 bits per heavy atom. The number of ketones is 2. The summed E-state index contributed by atoms with van der Waals surface area (Å²) in [6.07, 6.45) is 4.75. The Balaban J connectivity index is 1.96. The van der Waals surface area contributed by atoms with Crippen LogP contribution in [0.2, 0.25) is 0 Å². The molecule has 0 aliphatic carbocycles. The zero-order valence-corrected chi connectivity index (χ0v) is 20.9. The maximum atomic E-state index is 12.5. The number of hydrogen-bond acceptors (Lipinski definition) is 6. The number of phenols is 1. The Hall–Kier alpha value is -2.44. The van der Waals surface area contributed by atoms with E-state index >= 15 is 0 Å². The molecule has 1 aromatic carbocycles. The zero-order chi connectivity index (χ0) is 25.0. The largest absolute Gasteiger partial charge is 0.508 e. The van der Waals surface area contributed by atoms with Crippen LogP contribution in [-0.4, -0.2) is 46.2 Å². The Bertz CT molecular complexity index is 956. The van der Waals surface area contributed by atoms with Gasteiger partial charge in [-0.15, -0.1) is 0 Å². The molecule has 0 amide bonds. The van der Waals surface area contributed by atoms with Crippen LogP contribution in [0.1, 0.15) is 71.4 Å². The van der Waals surface area contributed by atoms with E-state index in [2.05, 4.69) is 0 Å². The van der Waals surface area contributed by atoms with Gasteiger partial charge in [0, 0.05) is 18.4 Å². The molecular formula is C27H38O6. The number of aliphatic hydroxyl groups excluding tert-OH is 1. The second kappa shape index (κ2) is 10.7. The maximum absolute atomic E-state index is 12.5. The molecule has 6 nitrogen and oxygen atoms in total. The molecule has 0 radical (unpaired) electrons. The van der Waals surface area contributed by atoms with Gasteiger partial charge in [0.25, 0.3) is 0 Å². The Labute approximate surface area is 197 Å². The molecule has 1 aromatic rings. The van der Waals surface area contributed by atoms with Gasteiger partial charge in [0.1, 0.15) is 17.1 Å². The van der Waals surface area contributed by atoms with Crippen molar-refractivity contribution in [3.8, 4) is 11.5 Å². The van der Waals surface area contributed by atoms with Gasteiger partial charge in [-0.1, -0.05) is 17.2 Å². The average molecular weight is 459 g/mol. The summed E-state index contributed by atoms with van der Waals surface area (Å²) in [7, 11) is 1.60. The Morgan fingerprint density at radius 1 is 1.24 bits per heavy atom. The number of aryl methyl sites for hydroxylation is 1. The van der Waals surface area contributed by atoms with Gasteiger partial charge in [0.15, 0.2) is 11.6 Å². The van der Waals surface area contributed by atoms with Crippen LogP contribution in [0.3, 0.4) is 0 Å². The third-order valence-corrected chi connectivity index (χ3v) is 6.33. The molecule has 0 aromatic heterocycles. The minimum absolute atomic E-state index is 0.00269. The highest BCUT2D eigenvalue weighted by atomic mass is 16.5. The smallest absolute Gasteiger partial charge is 0.167 e. The van der Waals surface area contributed by atoms with Crippen LogP contribution in [0.5, 0.6) is 11.5 Å². The molecule has 0 bridgehead atoms. The first-order valence-electron chi connectivity index (χ1n) is 11.4. The molecule has 33 heavy (non-hydrogen) atoms. The standard InChI is InChI=1S/C27H38O6/c1-17(8-9-20-15-22(29)14-19(3)25(20)32-7)12-21(28)13-18(2)10-11-27(6)24(31)16-23(30)26(4,5)33-27/h8,13-15,23,29-30H,9-12,16H2,1-7H3/b17-8+,18-13-. The highest BCUT2D eigenvalue weighted by Gasteiger charge is 2.48. The predicted molar refractivity (Wildman–Crippen MR) is 129 cm³/mol. The fourth-order valence-electron chi connectivity index (χ4n) is 4.27. The van der Waals surface area contributed by atoms with Gasteiger partial charge in [-0.05, 0) is 84.6 Å². The molecule has 6 heteroatoms. The lowest BCUT2D eigenvalue weighted by molar-refractivity contribution is -0.211. The number of ether oxygens (including phenoxy) is 2. The minimum atomic E-state index is -0.963. The van der Waals surface area contributed by atoms with Crippen molar-refractivity contribution in [2.45, 2.75) is 91.0 Å². The molecule has 2 N–H and O–H groups in total. The van der Waals surface area contributed by atoms with Gasteiger partial charge in [-0.25, -0.2) is 0 Å². The van der Waals surface area contributed by atoms with Crippen molar-refractivity contribution >= 4 is 11.6 Å². The highest BCUT2D eigenvalue weighted by molar-refractivity contribution is 5.92. The average Bonchev–Trinajstić information content (AvgIpc) is 2.69. The normalized spacial score (nSPS) is 23.5. The SMILES string of the molecule is COc1c(C)cc(O)cc1C/C=C(\C)CC(=O)/C=C(/C)CCC1(C)OC(C)(C)C(O)CC1=O. The number of aromatic hydroxyl groups is 1. The number of methoxy groups -OCH3 is 1. The molecular weight excluding hydrogens is 420 g/mol. The van der Waals surface area contributed by atoms with Crippen molar-refractivity contribution in [3.63, 3.8) is 0 Å². The van der Waals surface area contributed by atoms with Crippen molar-refractivity contribution in [3.05, 3.63) is 46.6 Å². The number of Topliss-reactive ketones (excluding diaryl/α,β-unsaturated/α-hetero) is 1. The number of aliphatic hydroxyl groups is 1. The minimum Gasteiger partial charge on any atom is -0.508 e. The summed E-state index contributed by atoms with van der Waals surface area (Å²) in [5, 5.41) is 19.9. The van der Waals surface area contributed by atoms with E-state index in [0.29, 0.717) is 25.7 Å². The van der Waals surface area contributed by atoms with Crippen LogP contribution >= 0.6 is 0 Å². The van der Waals surface area contributed by atoms with E-state index < -0.39 is 17.3 Å². The van der Waals surface area contributed by atoms with Crippen LogP contribution in [0.15, 0.2) is 35.4 Å². The molecule has 1 aliphatic rings. The van der Waals surface area contributed by atoms with E-state index in [-0.39, 0.29) is 23.7 Å². The summed E-state index contributed by atoms with van der Waals surface area (Å²) < 4.78 is 11.4. The number of phenolic OH excluding ortho intramolecular Hbond substituents is 1. The van der Waals surface area contributed by atoms with E-state index in [9.17, 15) is 19.8 Å². The van der Waals surface area contributed by atoms with Gasteiger partial charge in [0.05, 0.1) is 18.8 Å². The summed E-state index contributed by atoms with van der Waals surface area (Å²) in [5.74, 6) is 0.820. The van der Waals surface area contributed by atoms with Crippen LogP contribution in [0.4, 0.5) is 0 Å². The van der Waals surface area contributed by atoms with Gasteiger partial charge >= 0.3 is 0 Å². The first-order chi connectivity index (χ1) is 15.3. The summed E-state index contributed by atoms with van der Waals surface area (Å²) in [4.78, 5) is 25.0. The van der Waals surface area contributed by atoms with Gasteiger partial charge in [0.2, 0.25) is 0 Å². The molecule has 1 fully saturated rings. The first kappa shape index (κ1) is 26.8. The van der Waals surface area contributed by atoms with Crippen molar-refractivity contribution in [2.24, 2.45) is 0 Å². The Kier molecular flexibility index (Phi) is 8.66. The number of carbonyl (C=O) groups is 2. The fraction of sp³-hybridized carbons (Fsp3) is 0.556. The van der Waals surface area contributed by atoms with Gasteiger partial charge < -0.3 is 19.7 Å². The van der Waals surface area contributed by atoms with Crippen LogP contribution in [-0.2, 0) is 20.7 Å². The lowest BCUT2D eigenvalue weighted by atomic mass is 9.81. The zero-order valence-electron chi connectivity index (χ0n) is 20.9.